The summed E-state index contributed by atoms with van der Waals surface area (Å²) in [4.78, 5) is 0. The Balaban J connectivity index is 0.000000550. The molecule has 0 aliphatic heterocycles. The minimum absolute atomic E-state index is 0.178. The molecule has 0 bridgehead atoms. The van der Waals surface area contributed by atoms with Gasteiger partial charge in [0.1, 0.15) is 5.82 Å². The van der Waals surface area contributed by atoms with Crippen LogP contribution in [0.5, 0.6) is 0 Å². The SMILES string of the molecule is CC(C)Cc1ccccc1.CC(C)NCc1ccc(C(F)(F)F)cc1.CC(C)NCc1ccc(F)cc1.CC(C)NCc1ccccc1.Cc1ccc(CNC(C)C)cc1.Cc1cccc(CNC(C)C)c1.Cc1cccc(CNC(C)C)c1.Cc1cccc(CNC(C)C)c1. The van der Waals surface area contributed by atoms with Gasteiger partial charge in [-0.1, -0.05) is 315 Å². The van der Waals surface area contributed by atoms with Crippen LogP contribution < -0.4 is 37.2 Å². The van der Waals surface area contributed by atoms with Crippen LogP contribution in [-0.4, -0.2) is 42.3 Å². The van der Waals surface area contributed by atoms with E-state index >= 15 is 0 Å². The predicted octanol–water partition coefficient (Wildman–Crippen LogP) is 20.6. The first-order valence-corrected chi connectivity index (χ1v) is 34.7. The lowest BCUT2D eigenvalue weighted by Gasteiger charge is -2.10. The molecule has 0 aliphatic rings. The Labute approximate surface area is 581 Å². The quantitative estimate of drug-likeness (QED) is 0.0322. The second kappa shape index (κ2) is 51.4. The van der Waals surface area contributed by atoms with Crippen LogP contribution >= 0.6 is 0 Å². The van der Waals surface area contributed by atoms with Crippen molar-refractivity contribution in [3.63, 3.8) is 0 Å². The minimum Gasteiger partial charge on any atom is -0.310 e. The molecule has 528 valence electrons. The van der Waals surface area contributed by atoms with Crippen LogP contribution in [0.4, 0.5) is 17.6 Å². The Morgan fingerprint density at radius 1 is 0.260 bits per heavy atom. The van der Waals surface area contributed by atoms with Gasteiger partial charge < -0.3 is 37.2 Å². The van der Waals surface area contributed by atoms with E-state index in [1.165, 1.54) is 86.3 Å². The van der Waals surface area contributed by atoms with Crippen molar-refractivity contribution in [2.24, 2.45) is 5.92 Å². The highest BCUT2D eigenvalue weighted by molar-refractivity contribution is 5.27. The Bertz CT molecular complexity index is 2940. The van der Waals surface area contributed by atoms with Crippen molar-refractivity contribution >= 4 is 0 Å². The fraction of sp³-hybridized carbons (Fsp3) is 0.435. The third-order valence-corrected chi connectivity index (χ3v) is 13.9. The maximum atomic E-state index is 12.5. The number of halogens is 4. The van der Waals surface area contributed by atoms with E-state index in [4.69, 9.17) is 0 Å². The maximum absolute atomic E-state index is 12.5. The molecule has 0 saturated carbocycles. The number of benzene rings is 8. The van der Waals surface area contributed by atoms with Gasteiger partial charge in [0.05, 0.1) is 5.56 Å². The lowest BCUT2D eigenvalue weighted by atomic mass is 10.0. The summed E-state index contributed by atoms with van der Waals surface area (Å²) in [5.41, 5.74) is 14.9. The fourth-order valence-corrected chi connectivity index (χ4v) is 8.52. The molecular formula is C85H125F4N7. The van der Waals surface area contributed by atoms with E-state index in [1.807, 2.05) is 19.9 Å². The third kappa shape index (κ3) is 49.7. The van der Waals surface area contributed by atoms with Crippen molar-refractivity contribution in [2.75, 3.05) is 0 Å². The smallest absolute Gasteiger partial charge is 0.310 e. The largest absolute Gasteiger partial charge is 0.416 e. The number of hydrogen-bond donors (Lipinski definition) is 7. The Kier molecular flexibility index (Phi) is 46.7. The summed E-state index contributed by atoms with van der Waals surface area (Å²) in [5, 5.41) is 23.3. The van der Waals surface area contributed by atoms with Crippen LogP contribution in [0.15, 0.2) is 206 Å². The molecule has 96 heavy (non-hydrogen) atoms. The summed E-state index contributed by atoms with van der Waals surface area (Å²) in [5.74, 6) is 0.589. The standard InChI is InChI=1S/C11H14F3N.4C11H17N.C10H14FN.C10H15N.C10H14/c1-8(2)15-7-9-3-5-10(6-4-9)11(12,13)14;1-9(2)12-8-11-6-4-10(3)5-7-11;3*1-9(2)12-8-11-6-4-5-10(3)7-11;1-8(2)12-7-9-3-5-10(11)6-4-9;1-9(2)11-8-10-6-4-3-5-7-10;1-9(2)8-10-6-4-3-5-7-10/h3-6,8,15H,7H2,1-2H3;4*4-7,9,12H,8H2,1-3H3;3-6,8,12H,7H2,1-2H3;3-7,9,11H,8H2,1-2H3;3-7,9H,8H2,1-2H3. The van der Waals surface area contributed by atoms with E-state index in [2.05, 4.69) is 314 Å². The Morgan fingerprint density at radius 3 is 0.760 bits per heavy atom. The summed E-state index contributed by atoms with van der Waals surface area (Å²) in [6, 6.07) is 70.9. The zero-order valence-corrected chi connectivity index (χ0v) is 62.4. The second-order valence-electron chi connectivity index (χ2n) is 27.1. The molecule has 7 nitrogen and oxygen atoms in total. The van der Waals surface area contributed by atoms with Crippen LogP contribution in [0.2, 0.25) is 0 Å². The monoisotopic (exact) mass is 1320 g/mol. The molecule has 0 aliphatic carbocycles. The van der Waals surface area contributed by atoms with Crippen LogP contribution in [0.1, 0.15) is 183 Å². The number of hydrogen-bond acceptors (Lipinski definition) is 7. The maximum Gasteiger partial charge on any atom is 0.416 e. The number of alkyl halides is 3. The molecule has 0 saturated heterocycles. The normalized spacial score (nSPS) is 10.8. The van der Waals surface area contributed by atoms with Crippen LogP contribution in [0, 0.1) is 39.4 Å². The van der Waals surface area contributed by atoms with Crippen LogP contribution in [-0.2, 0) is 58.4 Å². The van der Waals surface area contributed by atoms with Gasteiger partial charge in [0.15, 0.2) is 0 Å². The molecule has 8 aromatic rings. The van der Waals surface area contributed by atoms with E-state index in [0.29, 0.717) is 48.8 Å². The van der Waals surface area contributed by atoms with Crippen molar-refractivity contribution in [3.8, 4) is 0 Å². The highest BCUT2D eigenvalue weighted by Gasteiger charge is 2.29. The Hall–Kier alpha value is -6.80. The van der Waals surface area contributed by atoms with E-state index in [1.54, 1.807) is 12.1 Å². The van der Waals surface area contributed by atoms with Gasteiger partial charge in [-0.05, 0) is 109 Å². The summed E-state index contributed by atoms with van der Waals surface area (Å²) in [6.45, 7) is 49.0. The van der Waals surface area contributed by atoms with Gasteiger partial charge >= 0.3 is 6.18 Å². The molecule has 8 rings (SSSR count). The first kappa shape index (κ1) is 87.2. The number of aryl methyl sites for hydroxylation is 4. The van der Waals surface area contributed by atoms with Crippen molar-refractivity contribution in [1.29, 1.82) is 0 Å². The lowest BCUT2D eigenvalue weighted by Crippen LogP contribution is -2.21. The number of rotatable bonds is 23. The summed E-state index contributed by atoms with van der Waals surface area (Å²) in [6.07, 6.45) is -3.05. The van der Waals surface area contributed by atoms with Gasteiger partial charge in [0, 0.05) is 88.1 Å². The third-order valence-electron chi connectivity index (χ3n) is 13.9. The lowest BCUT2D eigenvalue weighted by molar-refractivity contribution is -0.137. The molecule has 0 radical (unpaired) electrons. The molecule has 0 unspecified atom stereocenters. The summed E-state index contributed by atoms with van der Waals surface area (Å²) < 4.78 is 49.1. The molecular weight excluding hydrogens is 1190 g/mol. The zero-order chi connectivity index (χ0) is 71.8. The molecule has 7 N–H and O–H groups in total. The molecule has 0 aromatic heterocycles. The van der Waals surface area contributed by atoms with Crippen LogP contribution in [0.25, 0.3) is 0 Å². The fourth-order valence-electron chi connectivity index (χ4n) is 8.52. The van der Waals surface area contributed by atoms with Crippen molar-refractivity contribution in [2.45, 2.75) is 239 Å². The topological polar surface area (TPSA) is 84.2 Å². The highest BCUT2D eigenvalue weighted by atomic mass is 19.4. The molecule has 8 aromatic carbocycles. The van der Waals surface area contributed by atoms with Crippen molar-refractivity contribution in [1.82, 2.24) is 37.2 Å². The van der Waals surface area contributed by atoms with Gasteiger partial charge in [-0.2, -0.15) is 13.2 Å². The molecule has 0 heterocycles. The van der Waals surface area contributed by atoms with Gasteiger partial charge in [0.25, 0.3) is 0 Å². The van der Waals surface area contributed by atoms with Crippen molar-refractivity contribution < 1.29 is 17.6 Å². The van der Waals surface area contributed by atoms with Crippen molar-refractivity contribution in [3.05, 3.63) is 284 Å². The molecule has 0 amide bonds. The zero-order valence-electron chi connectivity index (χ0n) is 62.4. The average Bonchev–Trinajstić information content (AvgIpc) is 1.26. The minimum atomic E-state index is -4.25. The summed E-state index contributed by atoms with van der Waals surface area (Å²) in [7, 11) is 0. The van der Waals surface area contributed by atoms with E-state index in [9.17, 15) is 17.6 Å². The van der Waals surface area contributed by atoms with E-state index in [0.717, 1.165) is 68.4 Å². The predicted molar refractivity (Wildman–Crippen MR) is 408 cm³/mol. The first-order chi connectivity index (χ1) is 45.4. The average molecular weight is 1320 g/mol. The van der Waals surface area contributed by atoms with E-state index in [-0.39, 0.29) is 5.82 Å². The Morgan fingerprint density at radius 2 is 0.500 bits per heavy atom. The molecule has 0 spiro atoms. The van der Waals surface area contributed by atoms with Gasteiger partial charge in [-0.15, -0.1) is 0 Å². The number of nitrogens with one attached hydrogen (secondary N) is 7. The first-order valence-electron chi connectivity index (χ1n) is 34.7. The van der Waals surface area contributed by atoms with Gasteiger partial charge in [-0.3, -0.25) is 0 Å². The molecule has 11 heteroatoms. The van der Waals surface area contributed by atoms with E-state index < -0.39 is 11.7 Å². The van der Waals surface area contributed by atoms with Crippen LogP contribution in [0.3, 0.4) is 0 Å². The highest BCUT2D eigenvalue weighted by Crippen LogP contribution is 2.29. The summed E-state index contributed by atoms with van der Waals surface area (Å²) >= 11 is 0. The molecule has 0 atom stereocenters. The second-order valence-corrected chi connectivity index (χ2v) is 27.1. The van der Waals surface area contributed by atoms with Gasteiger partial charge in [0.2, 0.25) is 0 Å². The molecule has 0 fully saturated rings. The van der Waals surface area contributed by atoms with Gasteiger partial charge in [-0.25, -0.2) is 4.39 Å².